The zero-order valence-corrected chi connectivity index (χ0v) is 15.4. The summed E-state index contributed by atoms with van der Waals surface area (Å²) in [5, 5.41) is 3.17. The number of benzene rings is 1. The van der Waals surface area contributed by atoms with Crippen molar-refractivity contribution in [3.05, 3.63) is 30.3 Å². The molecule has 4 saturated carbocycles. The Bertz CT molecular complexity index is 719. The van der Waals surface area contributed by atoms with E-state index >= 15 is 0 Å². The Morgan fingerprint density at radius 1 is 1.04 bits per heavy atom. The zero-order valence-electron chi connectivity index (χ0n) is 14.6. The van der Waals surface area contributed by atoms with E-state index < -0.39 is 10.0 Å². The minimum atomic E-state index is -3.62. The van der Waals surface area contributed by atoms with Gasteiger partial charge in [-0.2, -0.15) is 4.31 Å². The van der Waals surface area contributed by atoms with Gasteiger partial charge in [-0.15, -0.1) is 0 Å². The molecule has 0 atom stereocenters. The molecule has 4 bridgehead atoms. The summed E-state index contributed by atoms with van der Waals surface area (Å²) in [5.74, 6) is 2.72. The molecule has 4 fully saturated rings. The van der Waals surface area contributed by atoms with Crippen LogP contribution in [0.1, 0.15) is 32.1 Å². The van der Waals surface area contributed by atoms with Crippen LogP contribution in [-0.2, 0) is 14.8 Å². The molecule has 0 spiro atoms. The fourth-order valence-electron chi connectivity index (χ4n) is 5.45. The van der Waals surface area contributed by atoms with E-state index in [4.69, 9.17) is 0 Å². The summed E-state index contributed by atoms with van der Waals surface area (Å²) in [6, 6.07) is 8.51. The molecule has 25 heavy (non-hydrogen) atoms. The van der Waals surface area contributed by atoms with Crippen molar-refractivity contribution < 1.29 is 13.2 Å². The van der Waals surface area contributed by atoms with Gasteiger partial charge in [0.25, 0.3) is 0 Å². The first kappa shape index (κ1) is 17.0. The topological polar surface area (TPSA) is 66.5 Å². The normalized spacial score (nSPS) is 33.6. The van der Waals surface area contributed by atoms with Crippen molar-refractivity contribution in [2.75, 3.05) is 13.6 Å². The lowest BCUT2D eigenvalue weighted by Gasteiger charge is -2.54. The third-order valence-electron chi connectivity index (χ3n) is 6.37. The van der Waals surface area contributed by atoms with Crippen LogP contribution < -0.4 is 5.32 Å². The van der Waals surface area contributed by atoms with E-state index in [1.807, 2.05) is 0 Å². The average molecular weight is 362 g/mol. The Balaban J connectivity index is 1.39. The number of nitrogens with zero attached hydrogens (tertiary/aromatic N) is 1. The van der Waals surface area contributed by atoms with Gasteiger partial charge in [0.2, 0.25) is 15.9 Å². The van der Waals surface area contributed by atoms with Gasteiger partial charge >= 0.3 is 0 Å². The quantitative estimate of drug-likeness (QED) is 0.874. The molecule has 5 nitrogen and oxygen atoms in total. The Morgan fingerprint density at radius 2 is 1.60 bits per heavy atom. The molecule has 6 heteroatoms. The second-order valence-corrected chi connectivity index (χ2v) is 10.1. The van der Waals surface area contributed by atoms with Crippen LogP contribution in [-0.4, -0.2) is 38.3 Å². The predicted octanol–water partition coefficient (Wildman–Crippen LogP) is 2.25. The van der Waals surface area contributed by atoms with Gasteiger partial charge < -0.3 is 5.32 Å². The first-order valence-electron chi connectivity index (χ1n) is 9.24. The zero-order chi connectivity index (χ0) is 17.6. The number of likely N-dealkylation sites (N-methyl/N-ethyl adjacent to an activating group) is 1. The van der Waals surface area contributed by atoms with Gasteiger partial charge in [0, 0.05) is 13.1 Å². The Labute approximate surface area is 149 Å². The number of sulfonamides is 1. The molecule has 136 valence electrons. The average Bonchev–Trinajstić information content (AvgIpc) is 2.58. The molecule has 1 N–H and O–H groups in total. The van der Waals surface area contributed by atoms with Gasteiger partial charge in [-0.1, -0.05) is 18.2 Å². The Hall–Kier alpha value is -1.40. The molecule has 0 unspecified atom stereocenters. The molecule has 4 aliphatic rings. The molecule has 0 heterocycles. The Kier molecular flexibility index (Phi) is 4.36. The van der Waals surface area contributed by atoms with Crippen molar-refractivity contribution in [1.29, 1.82) is 0 Å². The highest BCUT2D eigenvalue weighted by molar-refractivity contribution is 7.89. The number of carbonyl (C=O) groups excluding carboxylic acids is 1. The molecular weight excluding hydrogens is 336 g/mol. The van der Waals surface area contributed by atoms with E-state index in [0.717, 1.165) is 16.1 Å². The van der Waals surface area contributed by atoms with Crippen molar-refractivity contribution in [1.82, 2.24) is 9.62 Å². The van der Waals surface area contributed by atoms with Crippen molar-refractivity contribution in [2.24, 2.45) is 23.7 Å². The van der Waals surface area contributed by atoms with Crippen molar-refractivity contribution in [3.8, 4) is 0 Å². The number of carbonyl (C=O) groups is 1. The highest BCUT2D eigenvalue weighted by atomic mass is 32.2. The lowest BCUT2D eigenvalue weighted by atomic mass is 9.54. The van der Waals surface area contributed by atoms with Crippen LogP contribution in [0, 0.1) is 23.7 Å². The smallest absolute Gasteiger partial charge is 0.243 e. The molecular formula is C19H26N2O3S. The standard InChI is InChI=1S/C19H26N2O3S/c1-21(25(23,24)17-5-3-2-4-6-17)12-18(22)20-19-15-8-13-7-14(10-15)11-16(19)9-13/h2-6,13-16,19H,7-12H2,1H3,(H,20,22). The highest BCUT2D eigenvalue weighted by Crippen LogP contribution is 2.53. The summed E-state index contributed by atoms with van der Waals surface area (Å²) in [7, 11) is -2.15. The van der Waals surface area contributed by atoms with Crippen LogP contribution >= 0.6 is 0 Å². The summed E-state index contributed by atoms with van der Waals surface area (Å²) in [4.78, 5) is 12.7. The fraction of sp³-hybridized carbons (Fsp3) is 0.632. The minimum Gasteiger partial charge on any atom is -0.352 e. The SMILES string of the molecule is CN(CC(=O)NC1C2CC3CC(C2)CC1C3)S(=O)(=O)c1ccccc1. The lowest BCUT2D eigenvalue weighted by molar-refractivity contribution is -0.125. The second kappa shape index (κ2) is 6.40. The third-order valence-corrected chi connectivity index (χ3v) is 8.19. The number of hydrogen-bond acceptors (Lipinski definition) is 3. The third kappa shape index (κ3) is 3.22. The van der Waals surface area contributed by atoms with Crippen LogP contribution in [0.3, 0.4) is 0 Å². The van der Waals surface area contributed by atoms with Crippen molar-refractivity contribution >= 4 is 15.9 Å². The minimum absolute atomic E-state index is 0.125. The van der Waals surface area contributed by atoms with Crippen molar-refractivity contribution in [3.63, 3.8) is 0 Å². The molecule has 1 aromatic carbocycles. The fourth-order valence-corrected chi connectivity index (χ4v) is 6.60. The number of amides is 1. The maximum atomic E-state index is 12.6. The maximum absolute atomic E-state index is 12.6. The molecule has 4 aliphatic carbocycles. The number of rotatable bonds is 5. The lowest BCUT2D eigenvalue weighted by Crippen LogP contribution is -2.57. The first-order chi connectivity index (χ1) is 11.9. The second-order valence-electron chi connectivity index (χ2n) is 8.10. The summed E-state index contributed by atoms with van der Waals surface area (Å²) in [5.41, 5.74) is 0. The van der Waals surface area contributed by atoms with Crippen molar-refractivity contribution in [2.45, 2.75) is 43.0 Å². The van der Waals surface area contributed by atoms with Gasteiger partial charge in [-0.05, 0) is 67.9 Å². The molecule has 5 rings (SSSR count). The highest BCUT2D eigenvalue weighted by Gasteiger charge is 2.48. The van der Waals surface area contributed by atoms with E-state index in [2.05, 4.69) is 5.32 Å². The summed E-state index contributed by atoms with van der Waals surface area (Å²) in [6.45, 7) is -0.125. The van der Waals surface area contributed by atoms with Crippen LogP contribution in [0.25, 0.3) is 0 Å². The number of nitrogens with one attached hydrogen (secondary N) is 1. The molecule has 1 aromatic rings. The molecule has 0 aliphatic heterocycles. The van der Waals surface area contributed by atoms with Crippen LogP contribution in [0.15, 0.2) is 35.2 Å². The molecule has 0 aromatic heterocycles. The molecule has 0 saturated heterocycles. The van der Waals surface area contributed by atoms with Gasteiger partial charge in [-0.25, -0.2) is 8.42 Å². The molecule has 1 amide bonds. The summed E-state index contributed by atoms with van der Waals surface area (Å²) < 4.78 is 26.2. The summed E-state index contributed by atoms with van der Waals surface area (Å²) in [6.07, 6.45) is 6.31. The van der Waals surface area contributed by atoms with Gasteiger partial charge in [0.05, 0.1) is 11.4 Å². The van der Waals surface area contributed by atoms with E-state index in [-0.39, 0.29) is 23.4 Å². The van der Waals surface area contributed by atoms with E-state index in [1.54, 1.807) is 30.3 Å². The predicted molar refractivity (Wildman–Crippen MR) is 95.2 cm³/mol. The monoisotopic (exact) mass is 362 g/mol. The van der Waals surface area contributed by atoms with Gasteiger partial charge in [-0.3, -0.25) is 4.79 Å². The summed E-state index contributed by atoms with van der Waals surface area (Å²) >= 11 is 0. The van der Waals surface area contributed by atoms with Crippen LogP contribution in [0.2, 0.25) is 0 Å². The Morgan fingerprint density at radius 3 is 2.16 bits per heavy atom. The largest absolute Gasteiger partial charge is 0.352 e. The number of hydrogen-bond donors (Lipinski definition) is 1. The van der Waals surface area contributed by atoms with E-state index in [1.165, 1.54) is 39.2 Å². The van der Waals surface area contributed by atoms with E-state index in [9.17, 15) is 13.2 Å². The van der Waals surface area contributed by atoms with Crippen LogP contribution in [0.4, 0.5) is 0 Å². The van der Waals surface area contributed by atoms with Crippen LogP contribution in [0.5, 0.6) is 0 Å². The first-order valence-corrected chi connectivity index (χ1v) is 10.7. The maximum Gasteiger partial charge on any atom is 0.243 e. The molecule has 0 radical (unpaired) electrons. The van der Waals surface area contributed by atoms with Gasteiger partial charge in [0.15, 0.2) is 0 Å². The van der Waals surface area contributed by atoms with Gasteiger partial charge in [0.1, 0.15) is 0 Å². The van der Waals surface area contributed by atoms with E-state index in [0.29, 0.717) is 11.8 Å².